The van der Waals surface area contributed by atoms with Crippen LogP contribution in [-0.4, -0.2) is 30.3 Å². The molecule has 19 heavy (non-hydrogen) atoms. The molecule has 1 aliphatic heterocycles. The van der Waals surface area contributed by atoms with Crippen molar-refractivity contribution in [2.45, 2.75) is 38.8 Å². The van der Waals surface area contributed by atoms with Gasteiger partial charge in [-0.25, -0.2) is 0 Å². The number of para-hydroxylation sites is 1. The van der Waals surface area contributed by atoms with Gasteiger partial charge in [-0.1, -0.05) is 30.7 Å². The standard InChI is InChI=1S/C15H23ClN2O/c1-3-8-17-10-12-5-4-6-13(16)14(12)18-9-7-15(2,19)11-18/h4-6,17,19H,3,7-11H2,1-2H3. The largest absolute Gasteiger partial charge is 0.388 e. The first-order valence-corrected chi connectivity index (χ1v) is 7.37. The topological polar surface area (TPSA) is 35.5 Å². The highest BCUT2D eigenvalue weighted by molar-refractivity contribution is 6.33. The Morgan fingerprint density at radius 3 is 2.89 bits per heavy atom. The lowest BCUT2D eigenvalue weighted by Crippen LogP contribution is -2.30. The van der Waals surface area contributed by atoms with Crippen LogP contribution >= 0.6 is 11.6 Å². The number of anilines is 1. The number of β-amino-alcohol motifs (C(OH)–C–C–N with tert-alkyl or cyclic N) is 1. The monoisotopic (exact) mass is 282 g/mol. The zero-order valence-electron chi connectivity index (χ0n) is 11.7. The number of aliphatic hydroxyl groups is 1. The van der Waals surface area contributed by atoms with Crippen LogP contribution in [0.2, 0.25) is 5.02 Å². The lowest BCUT2D eigenvalue weighted by Gasteiger charge is -2.25. The predicted octanol–water partition coefficient (Wildman–Crippen LogP) is 2.80. The average molecular weight is 283 g/mol. The number of rotatable bonds is 5. The molecule has 4 heteroatoms. The molecule has 0 radical (unpaired) electrons. The van der Waals surface area contributed by atoms with Crippen molar-refractivity contribution >= 4 is 17.3 Å². The minimum atomic E-state index is -0.604. The van der Waals surface area contributed by atoms with Gasteiger partial charge in [0, 0.05) is 19.6 Å². The molecule has 2 N–H and O–H groups in total. The summed E-state index contributed by atoms with van der Waals surface area (Å²) in [6.45, 7) is 7.38. The van der Waals surface area contributed by atoms with Crippen molar-refractivity contribution in [2.24, 2.45) is 0 Å². The molecule has 1 aliphatic rings. The first-order valence-electron chi connectivity index (χ1n) is 6.99. The fourth-order valence-corrected chi connectivity index (χ4v) is 2.91. The minimum Gasteiger partial charge on any atom is -0.388 e. The Hall–Kier alpha value is -0.770. The van der Waals surface area contributed by atoms with Crippen molar-refractivity contribution in [3.8, 4) is 0 Å². The summed E-state index contributed by atoms with van der Waals surface area (Å²) in [5.41, 5.74) is 1.68. The van der Waals surface area contributed by atoms with E-state index in [4.69, 9.17) is 11.6 Å². The van der Waals surface area contributed by atoms with E-state index in [1.807, 2.05) is 19.1 Å². The highest BCUT2D eigenvalue weighted by atomic mass is 35.5. The van der Waals surface area contributed by atoms with Gasteiger partial charge in [0.2, 0.25) is 0 Å². The Morgan fingerprint density at radius 1 is 1.47 bits per heavy atom. The first kappa shape index (κ1) is 14.6. The average Bonchev–Trinajstić information content (AvgIpc) is 2.70. The van der Waals surface area contributed by atoms with Crippen LogP contribution in [0.1, 0.15) is 32.3 Å². The fourth-order valence-electron chi connectivity index (χ4n) is 2.59. The molecule has 0 aromatic heterocycles. The molecule has 0 spiro atoms. The van der Waals surface area contributed by atoms with Gasteiger partial charge in [0.05, 0.1) is 16.3 Å². The fraction of sp³-hybridized carbons (Fsp3) is 0.600. The van der Waals surface area contributed by atoms with Gasteiger partial charge < -0.3 is 15.3 Å². The summed E-state index contributed by atoms with van der Waals surface area (Å²) in [7, 11) is 0. The molecule has 1 aromatic carbocycles. The summed E-state index contributed by atoms with van der Waals surface area (Å²) < 4.78 is 0. The van der Waals surface area contributed by atoms with E-state index in [2.05, 4.69) is 23.2 Å². The van der Waals surface area contributed by atoms with Gasteiger partial charge >= 0.3 is 0 Å². The third kappa shape index (κ3) is 3.62. The van der Waals surface area contributed by atoms with Crippen molar-refractivity contribution in [3.63, 3.8) is 0 Å². The molecule has 1 atom stereocenters. The van der Waals surface area contributed by atoms with Crippen molar-refractivity contribution < 1.29 is 5.11 Å². The van der Waals surface area contributed by atoms with Crippen LogP contribution in [0.4, 0.5) is 5.69 Å². The summed E-state index contributed by atoms with van der Waals surface area (Å²) in [5.74, 6) is 0. The molecule has 0 saturated carbocycles. The molecule has 0 bridgehead atoms. The molecule has 2 rings (SSSR count). The second-order valence-corrected chi connectivity index (χ2v) is 6.00. The van der Waals surface area contributed by atoms with Gasteiger partial charge in [0.25, 0.3) is 0 Å². The van der Waals surface area contributed by atoms with Crippen molar-refractivity contribution in [3.05, 3.63) is 28.8 Å². The highest BCUT2D eigenvalue weighted by Gasteiger charge is 2.33. The SMILES string of the molecule is CCCNCc1cccc(Cl)c1N1CCC(C)(O)C1. The van der Waals surface area contributed by atoms with Gasteiger partial charge in [0.15, 0.2) is 0 Å². The van der Waals surface area contributed by atoms with E-state index >= 15 is 0 Å². The van der Waals surface area contributed by atoms with Gasteiger partial charge in [-0.3, -0.25) is 0 Å². The molecular formula is C15H23ClN2O. The second kappa shape index (κ2) is 6.12. The van der Waals surface area contributed by atoms with Crippen molar-refractivity contribution in [1.29, 1.82) is 0 Å². The van der Waals surface area contributed by atoms with E-state index in [1.54, 1.807) is 0 Å². The van der Waals surface area contributed by atoms with E-state index in [0.717, 1.165) is 43.2 Å². The number of hydrogen-bond acceptors (Lipinski definition) is 3. The Kier molecular flexibility index (Phi) is 4.71. The van der Waals surface area contributed by atoms with Gasteiger partial charge in [-0.15, -0.1) is 0 Å². The zero-order valence-corrected chi connectivity index (χ0v) is 12.5. The smallest absolute Gasteiger partial charge is 0.0810 e. The van der Waals surface area contributed by atoms with Crippen LogP contribution in [0.5, 0.6) is 0 Å². The Morgan fingerprint density at radius 2 is 2.26 bits per heavy atom. The second-order valence-electron chi connectivity index (χ2n) is 5.59. The Bertz CT molecular complexity index is 434. The van der Waals surface area contributed by atoms with Crippen molar-refractivity contribution in [1.82, 2.24) is 5.32 Å². The lowest BCUT2D eigenvalue weighted by molar-refractivity contribution is 0.0839. The molecule has 1 heterocycles. The lowest BCUT2D eigenvalue weighted by atomic mass is 10.1. The quantitative estimate of drug-likeness (QED) is 0.815. The van der Waals surface area contributed by atoms with Crippen LogP contribution in [0.3, 0.4) is 0 Å². The normalized spacial score (nSPS) is 23.1. The maximum Gasteiger partial charge on any atom is 0.0810 e. The molecule has 1 fully saturated rings. The molecule has 3 nitrogen and oxygen atoms in total. The van der Waals surface area contributed by atoms with Crippen LogP contribution in [0.15, 0.2) is 18.2 Å². The van der Waals surface area contributed by atoms with Gasteiger partial charge in [-0.05, 0) is 37.9 Å². The molecular weight excluding hydrogens is 260 g/mol. The summed E-state index contributed by atoms with van der Waals surface area (Å²) in [6.07, 6.45) is 1.91. The third-order valence-corrected chi connectivity index (χ3v) is 3.89. The summed E-state index contributed by atoms with van der Waals surface area (Å²) >= 11 is 6.36. The molecule has 106 valence electrons. The van der Waals surface area contributed by atoms with Crippen LogP contribution in [0.25, 0.3) is 0 Å². The van der Waals surface area contributed by atoms with Gasteiger partial charge in [0.1, 0.15) is 0 Å². The number of nitrogens with zero attached hydrogens (tertiary/aromatic N) is 1. The van der Waals surface area contributed by atoms with Gasteiger partial charge in [-0.2, -0.15) is 0 Å². The Labute approximate surface area is 120 Å². The molecule has 1 unspecified atom stereocenters. The van der Waals surface area contributed by atoms with Crippen LogP contribution < -0.4 is 10.2 Å². The van der Waals surface area contributed by atoms with Crippen LogP contribution in [-0.2, 0) is 6.54 Å². The Balaban J connectivity index is 2.18. The molecule has 0 amide bonds. The van der Waals surface area contributed by atoms with E-state index in [0.29, 0.717) is 6.54 Å². The van der Waals surface area contributed by atoms with E-state index in [-0.39, 0.29) is 0 Å². The number of halogens is 1. The highest BCUT2D eigenvalue weighted by Crippen LogP contribution is 2.34. The maximum absolute atomic E-state index is 10.1. The van der Waals surface area contributed by atoms with Crippen molar-refractivity contribution in [2.75, 3.05) is 24.5 Å². The molecule has 1 saturated heterocycles. The molecule has 1 aromatic rings. The summed E-state index contributed by atoms with van der Waals surface area (Å²) in [4.78, 5) is 2.20. The van der Waals surface area contributed by atoms with E-state index < -0.39 is 5.60 Å². The number of nitrogens with one attached hydrogen (secondary N) is 1. The minimum absolute atomic E-state index is 0.604. The predicted molar refractivity (Wildman–Crippen MR) is 80.9 cm³/mol. The van der Waals surface area contributed by atoms with Crippen LogP contribution in [0, 0.1) is 0 Å². The summed E-state index contributed by atoms with van der Waals surface area (Å²) in [6, 6.07) is 6.02. The van der Waals surface area contributed by atoms with E-state index in [9.17, 15) is 5.11 Å². The van der Waals surface area contributed by atoms with E-state index in [1.165, 1.54) is 5.56 Å². The number of benzene rings is 1. The third-order valence-electron chi connectivity index (χ3n) is 3.58. The summed E-state index contributed by atoms with van der Waals surface area (Å²) in [5, 5.41) is 14.3. The molecule has 0 aliphatic carbocycles. The zero-order chi connectivity index (χ0) is 13.9. The number of hydrogen-bond donors (Lipinski definition) is 2. The first-order chi connectivity index (χ1) is 9.03. The maximum atomic E-state index is 10.1.